The number of carbonyl (C=O) groups excluding carboxylic acids is 1. The van der Waals surface area contributed by atoms with Crippen molar-refractivity contribution in [2.75, 3.05) is 5.32 Å². The SMILES string of the molecule is O=C(NCc1ncc[nH]1)Nc1ccc(O)c(C(=O)O)c1. The Hall–Kier alpha value is -3.03. The third-order valence-corrected chi connectivity index (χ3v) is 2.46. The summed E-state index contributed by atoms with van der Waals surface area (Å²) >= 11 is 0. The number of amides is 2. The lowest BCUT2D eigenvalue weighted by molar-refractivity contribution is 0.0693. The van der Waals surface area contributed by atoms with E-state index in [2.05, 4.69) is 20.6 Å². The Balaban J connectivity index is 1.97. The van der Waals surface area contributed by atoms with Crippen LogP contribution in [0.5, 0.6) is 5.75 Å². The number of benzene rings is 1. The second-order valence-corrected chi connectivity index (χ2v) is 3.88. The second-order valence-electron chi connectivity index (χ2n) is 3.88. The fourth-order valence-electron chi connectivity index (χ4n) is 1.52. The molecule has 0 atom stereocenters. The van der Waals surface area contributed by atoms with Gasteiger partial charge in [-0.3, -0.25) is 0 Å². The zero-order chi connectivity index (χ0) is 14.5. The van der Waals surface area contributed by atoms with Crippen molar-refractivity contribution in [1.82, 2.24) is 15.3 Å². The van der Waals surface area contributed by atoms with Crippen LogP contribution in [0, 0.1) is 0 Å². The molecule has 0 bridgehead atoms. The molecule has 1 aromatic heterocycles. The maximum atomic E-state index is 11.6. The van der Waals surface area contributed by atoms with Gasteiger partial charge in [0.15, 0.2) is 0 Å². The topological polar surface area (TPSA) is 127 Å². The first kappa shape index (κ1) is 13.4. The summed E-state index contributed by atoms with van der Waals surface area (Å²) in [5.41, 5.74) is -0.0222. The lowest BCUT2D eigenvalue weighted by atomic mass is 10.2. The zero-order valence-corrected chi connectivity index (χ0v) is 10.3. The maximum Gasteiger partial charge on any atom is 0.339 e. The molecule has 0 saturated carbocycles. The molecule has 1 aromatic carbocycles. The van der Waals surface area contributed by atoms with Crippen LogP contribution in [0.1, 0.15) is 16.2 Å². The lowest BCUT2D eigenvalue weighted by Crippen LogP contribution is -2.28. The number of rotatable bonds is 4. The Bertz CT molecular complexity index is 624. The molecule has 8 heteroatoms. The number of aromatic nitrogens is 2. The number of phenols is 1. The summed E-state index contributed by atoms with van der Waals surface area (Å²) in [6, 6.07) is 3.26. The predicted molar refractivity (Wildman–Crippen MR) is 69.5 cm³/mol. The van der Waals surface area contributed by atoms with Crippen LogP contribution in [0.25, 0.3) is 0 Å². The molecule has 104 valence electrons. The molecule has 1 heterocycles. The van der Waals surface area contributed by atoms with Crippen molar-refractivity contribution in [3.05, 3.63) is 42.0 Å². The van der Waals surface area contributed by atoms with Crippen LogP contribution in [0.3, 0.4) is 0 Å². The number of aromatic carboxylic acids is 1. The van der Waals surface area contributed by atoms with Gasteiger partial charge in [-0.15, -0.1) is 0 Å². The van der Waals surface area contributed by atoms with E-state index in [0.29, 0.717) is 5.82 Å². The largest absolute Gasteiger partial charge is 0.507 e. The fraction of sp³-hybridized carbons (Fsp3) is 0.0833. The standard InChI is InChI=1S/C12H12N4O4/c17-9-2-1-7(5-8(9)11(18)19)16-12(20)15-6-10-13-3-4-14-10/h1-5,17H,6H2,(H,13,14)(H,18,19)(H2,15,16,20). The summed E-state index contributed by atoms with van der Waals surface area (Å²) in [7, 11) is 0. The van der Waals surface area contributed by atoms with Gasteiger partial charge in [-0.25, -0.2) is 14.6 Å². The number of nitrogens with zero attached hydrogens (tertiary/aromatic N) is 1. The van der Waals surface area contributed by atoms with Crippen molar-refractivity contribution in [2.45, 2.75) is 6.54 Å². The van der Waals surface area contributed by atoms with E-state index in [1.165, 1.54) is 18.2 Å². The van der Waals surface area contributed by atoms with E-state index in [0.717, 1.165) is 0 Å². The van der Waals surface area contributed by atoms with Crippen LogP contribution in [0.15, 0.2) is 30.6 Å². The van der Waals surface area contributed by atoms with Gasteiger partial charge in [0.2, 0.25) is 0 Å². The number of anilines is 1. The van der Waals surface area contributed by atoms with Gasteiger partial charge in [0.25, 0.3) is 0 Å². The molecule has 0 unspecified atom stereocenters. The van der Waals surface area contributed by atoms with Gasteiger partial charge in [0.1, 0.15) is 17.1 Å². The van der Waals surface area contributed by atoms with Gasteiger partial charge in [-0.2, -0.15) is 0 Å². The number of aromatic amines is 1. The van der Waals surface area contributed by atoms with Crippen molar-refractivity contribution in [3.8, 4) is 5.75 Å². The fourth-order valence-corrected chi connectivity index (χ4v) is 1.52. The molecule has 2 amide bonds. The molecule has 0 saturated heterocycles. The summed E-state index contributed by atoms with van der Waals surface area (Å²) in [5.74, 6) is -1.04. The van der Waals surface area contributed by atoms with Crippen LogP contribution in [-0.4, -0.2) is 32.2 Å². The number of carboxylic acids is 1. The summed E-state index contributed by atoms with van der Waals surface area (Å²) in [4.78, 5) is 29.2. The molecule has 20 heavy (non-hydrogen) atoms. The van der Waals surface area contributed by atoms with Crippen LogP contribution >= 0.6 is 0 Å². The van der Waals surface area contributed by atoms with Gasteiger partial charge in [-0.1, -0.05) is 0 Å². The third kappa shape index (κ3) is 3.25. The quantitative estimate of drug-likeness (QED) is 0.535. The molecular formula is C12H12N4O4. The summed E-state index contributed by atoms with van der Waals surface area (Å²) in [5, 5.41) is 23.2. The first-order valence-corrected chi connectivity index (χ1v) is 5.65. The van der Waals surface area contributed by atoms with Crippen molar-refractivity contribution in [3.63, 3.8) is 0 Å². The third-order valence-electron chi connectivity index (χ3n) is 2.46. The highest BCUT2D eigenvalue weighted by Gasteiger charge is 2.11. The molecule has 2 aromatic rings. The average molecular weight is 276 g/mol. The number of imidazole rings is 1. The molecule has 0 aliphatic carbocycles. The minimum atomic E-state index is -1.28. The molecule has 0 spiro atoms. The average Bonchev–Trinajstić information content (AvgIpc) is 2.91. The Morgan fingerprint density at radius 2 is 2.15 bits per heavy atom. The van der Waals surface area contributed by atoms with Crippen LogP contribution in [-0.2, 0) is 6.54 Å². The zero-order valence-electron chi connectivity index (χ0n) is 10.3. The lowest BCUT2D eigenvalue weighted by Gasteiger charge is -2.08. The normalized spacial score (nSPS) is 10.0. The number of aromatic hydroxyl groups is 1. The van der Waals surface area contributed by atoms with Crippen molar-refractivity contribution in [2.24, 2.45) is 0 Å². The number of H-pyrrole nitrogens is 1. The highest BCUT2D eigenvalue weighted by Crippen LogP contribution is 2.21. The van der Waals surface area contributed by atoms with E-state index < -0.39 is 12.0 Å². The Labute approximate surface area is 113 Å². The number of carboxylic acid groups (broad SMARTS) is 1. The smallest absolute Gasteiger partial charge is 0.339 e. The van der Waals surface area contributed by atoms with Crippen molar-refractivity contribution < 1.29 is 19.8 Å². The number of nitrogens with one attached hydrogen (secondary N) is 3. The molecule has 2 rings (SSSR count). The number of hydrogen-bond acceptors (Lipinski definition) is 4. The monoisotopic (exact) mass is 276 g/mol. The second kappa shape index (κ2) is 5.74. The molecule has 0 fully saturated rings. The number of carbonyl (C=O) groups is 2. The Kier molecular flexibility index (Phi) is 3.85. The summed E-state index contributed by atoms with van der Waals surface area (Å²) in [6.45, 7) is 0.211. The van der Waals surface area contributed by atoms with Gasteiger partial charge in [0, 0.05) is 18.1 Å². The molecule has 8 nitrogen and oxygen atoms in total. The van der Waals surface area contributed by atoms with E-state index in [9.17, 15) is 14.7 Å². The molecule has 5 N–H and O–H groups in total. The van der Waals surface area contributed by atoms with E-state index in [-0.39, 0.29) is 23.5 Å². The summed E-state index contributed by atoms with van der Waals surface area (Å²) in [6.07, 6.45) is 3.20. The Morgan fingerprint density at radius 1 is 1.35 bits per heavy atom. The van der Waals surface area contributed by atoms with E-state index in [1.807, 2.05) is 0 Å². The highest BCUT2D eigenvalue weighted by atomic mass is 16.4. The first-order valence-electron chi connectivity index (χ1n) is 5.65. The van der Waals surface area contributed by atoms with Crippen LogP contribution in [0.4, 0.5) is 10.5 Å². The summed E-state index contributed by atoms with van der Waals surface area (Å²) < 4.78 is 0. The van der Waals surface area contributed by atoms with Crippen molar-refractivity contribution in [1.29, 1.82) is 0 Å². The van der Waals surface area contributed by atoms with Gasteiger partial charge in [-0.05, 0) is 18.2 Å². The Morgan fingerprint density at radius 3 is 2.80 bits per heavy atom. The first-order chi connectivity index (χ1) is 9.56. The molecular weight excluding hydrogens is 264 g/mol. The van der Waals surface area contributed by atoms with Gasteiger partial charge < -0.3 is 25.8 Å². The van der Waals surface area contributed by atoms with Crippen LogP contribution < -0.4 is 10.6 Å². The molecule has 0 aliphatic heterocycles. The van der Waals surface area contributed by atoms with Gasteiger partial charge >= 0.3 is 12.0 Å². The van der Waals surface area contributed by atoms with Crippen molar-refractivity contribution >= 4 is 17.7 Å². The maximum absolute atomic E-state index is 11.6. The highest BCUT2D eigenvalue weighted by molar-refractivity contribution is 5.95. The van der Waals surface area contributed by atoms with Crippen LogP contribution in [0.2, 0.25) is 0 Å². The van der Waals surface area contributed by atoms with E-state index in [1.54, 1.807) is 12.4 Å². The van der Waals surface area contributed by atoms with E-state index in [4.69, 9.17) is 5.11 Å². The number of urea groups is 1. The van der Waals surface area contributed by atoms with E-state index >= 15 is 0 Å². The minimum Gasteiger partial charge on any atom is -0.507 e. The number of hydrogen-bond donors (Lipinski definition) is 5. The predicted octanol–water partition coefficient (Wildman–Crippen LogP) is 1.14. The molecule has 0 aliphatic rings. The van der Waals surface area contributed by atoms with Gasteiger partial charge in [0.05, 0.1) is 6.54 Å². The molecule has 0 radical (unpaired) electrons. The minimum absolute atomic E-state index is 0.211.